The van der Waals surface area contributed by atoms with Gasteiger partial charge in [0.05, 0.1) is 13.2 Å². The van der Waals surface area contributed by atoms with Crippen molar-refractivity contribution in [3.05, 3.63) is 0 Å². The zero-order valence-electron chi connectivity index (χ0n) is 10.9. The van der Waals surface area contributed by atoms with Crippen LogP contribution in [0.25, 0.3) is 0 Å². The lowest BCUT2D eigenvalue weighted by Gasteiger charge is -2.37. The van der Waals surface area contributed by atoms with Crippen LogP contribution in [0, 0.1) is 5.92 Å². The summed E-state index contributed by atoms with van der Waals surface area (Å²) in [5, 5.41) is 0. The molecule has 5 heteroatoms. The highest BCUT2D eigenvalue weighted by molar-refractivity contribution is 5.77. The Hall–Kier alpha value is -0.650. The van der Waals surface area contributed by atoms with Gasteiger partial charge in [-0.05, 0) is 18.8 Å². The molecule has 17 heavy (non-hydrogen) atoms. The zero-order chi connectivity index (χ0) is 12.7. The van der Waals surface area contributed by atoms with Gasteiger partial charge in [0.2, 0.25) is 5.91 Å². The van der Waals surface area contributed by atoms with Crippen molar-refractivity contribution in [1.29, 1.82) is 0 Å². The Labute approximate surface area is 103 Å². The zero-order valence-corrected chi connectivity index (χ0v) is 10.9. The number of nitrogens with zero attached hydrogens (tertiary/aromatic N) is 1. The summed E-state index contributed by atoms with van der Waals surface area (Å²) in [5.41, 5.74) is 5.72. The molecule has 0 aromatic carbocycles. The van der Waals surface area contributed by atoms with Gasteiger partial charge in [-0.3, -0.25) is 4.79 Å². The van der Waals surface area contributed by atoms with Gasteiger partial charge in [0.1, 0.15) is 6.61 Å². The van der Waals surface area contributed by atoms with Gasteiger partial charge in [0.15, 0.2) is 0 Å². The topological polar surface area (TPSA) is 64.8 Å². The normalized spacial score (nSPS) is 25.0. The van der Waals surface area contributed by atoms with Crippen molar-refractivity contribution in [2.24, 2.45) is 11.7 Å². The highest BCUT2D eigenvalue weighted by atomic mass is 16.5. The lowest BCUT2D eigenvalue weighted by molar-refractivity contribution is -0.140. The number of methoxy groups -OCH3 is 1. The average molecular weight is 244 g/mol. The molecular weight excluding hydrogens is 220 g/mol. The van der Waals surface area contributed by atoms with E-state index < -0.39 is 0 Å². The molecule has 2 unspecified atom stereocenters. The van der Waals surface area contributed by atoms with E-state index in [0.717, 1.165) is 19.4 Å². The number of rotatable bonds is 6. The van der Waals surface area contributed by atoms with E-state index in [2.05, 4.69) is 6.92 Å². The van der Waals surface area contributed by atoms with Crippen LogP contribution in [-0.4, -0.2) is 56.9 Å². The van der Waals surface area contributed by atoms with Crippen LogP contribution in [0.15, 0.2) is 0 Å². The van der Waals surface area contributed by atoms with E-state index in [0.29, 0.717) is 25.7 Å². The summed E-state index contributed by atoms with van der Waals surface area (Å²) in [7, 11) is 1.61. The van der Waals surface area contributed by atoms with Crippen molar-refractivity contribution in [3.63, 3.8) is 0 Å². The molecular formula is C12H24N2O3. The fraction of sp³-hybridized carbons (Fsp3) is 0.917. The van der Waals surface area contributed by atoms with Crippen molar-refractivity contribution in [1.82, 2.24) is 4.90 Å². The van der Waals surface area contributed by atoms with Crippen LogP contribution in [0.5, 0.6) is 0 Å². The summed E-state index contributed by atoms with van der Waals surface area (Å²) in [5.74, 6) is 0.700. The molecule has 100 valence electrons. The molecule has 1 aliphatic rings. The molecule has 0 aliphatic carbocycles. The molecule has 0 spiro atoms. The molecule has 0 radical (unpaired) electrons. The number of carbonyl (C=O) groups excluding carboxylic acids is 1. The molecule has 1 amide bonds. The number of amides is 1. The fourth-order valence-corrected chi connectivity index (χ4v) is 2.19. The molecule has 2 N–H and O–H groups in total. The van der Waals surface area contributed by atoms with E-state index in [1.165, 1.54) is 0 Å². The maximum atomic E-state index is 11.9. The first-order valence-electron chi connectivity index (χ1n) is 6.25. The van der Waals surface area contributed by atoms with Crippen molar-refractivity contribution in [3.8, 4) is 0 Å². The fourth-order valence-electron chi connectivity index (χ4n) is 2.19. The van der Waals surface area contributed by atoms with Gasteiger partial charge in [-0.25, -0.2) is 0 Å². The molecule has 0 bridgehead atoms. The predicted molar refractivity (Wildman–Crippen MR) is 65.6 cm³/mol. The first kappa shape index (κ1) is 14.4. The Kier molecular flexibility index (Phi) is 6.47. The highest BCUT2D eigenvalue weighted by Gasteiger charge is 2.28. The average Bonchev–Trinajstić information content (AvgIpc) is 2.34. The molecule has 5 nitrogen and oxygen atoms in total. The number of nitrogens with two attached hydrogens (primary N) is 1. The van der Waals surface area contributed by atoms with Gasteiger partial charge >= 0.3 is 0 Å². The third-order valence-corrected chi connectivity index (χ3v) is 3.23. The van der Waals surface area contributed by atoms with Gasteiger partial charge in [-0.1, -0.05) is 6.92 Å². The Morgan fingerprint density at radius 3 is 2.88 bits per heavy atom. The summed E-state index contributed by atoms with van der Waals surface area (Å²) >= 11 is 0. The highest BCUT2D eigenvalue weighted by Crippen LogP contribution is 2.21. The Balaban J connectivity index is 2.33. The van der Waals surface area contributed by atoms with Gasteiger partial charge < -0.3 is 20.1 Å². The number of hydrogen-bond donors (Lipinski definition) is 1. The van der Waals surface area contributed by atoms with Gasteiger partial charge in [0.25, 0.3) is 0 Å². The third-order valence-electron chi connectivity index (χ3n) is 3.23. The van der Waals surface area contributed by atoms with Crippen LogP contribution >= 0.6 is 0 Å². The maximum absolute atomic E-state index is 11.9. The quantitative estimate of drug-likeness (QED) is 0.680. The molecule has 1 rings (SSSR count). The lowest BCUT2D eigenvalue weighted by Crippen LogP contribution is -2.50. The van der Waals surface area contributed by atoms with Gasteiger partial charge in [-0.15, -0.1) is 0 Å². The van der Waals surface area contributed by atoms with E-state index in [-0.39, 0.29) is 18.6 Å². The molecule has 0 aromatic heterocycles. The minimum Gasteiger partial charge on any atom is -0.382 e. The number of carbonyl (C=O) groups is 1. The Morgan fingerprint density at radius 1 is 1.47 bits per heavy atom. The van der Waals surface area contributed by atoms with Gasteiger partial charge in [0, 0.05) is 26.2 Å². The Morgan fingerprint density at radius 2 is 2.24 bits per heavy atom. The molecule has 1 heterocycles. The van der Waals surface area contributed by atoms with Crippen molar-refractivity contribution >= 4 is 5.91 Å². The van der Waals surface area contributed by atoms with Crippen LogP contribution < -0.4 is 5.73 Å². The minimum absolute atomic E-state index is 0.0449. The summed E-state index contributed by atoms with van der Waals surface area (Å²) in [6.07, 6.45) is 2.06. The second-order valence-electron chi connectivity index (χ2n) is 4.65. The van der Waals surface area contributed by atoms with Gasteiger partial charge in [-0.2, -0.15) is 0 Å². The van der Waals surface area contributed by atoms with Crippen molar-refractivity contribution in [2.45, 2.75) is 25.8 Å². The molecule has 2 atom stereocenters. The second kappa shape index (κ2) is 7.63. The molecule has 0 saturated carbocycles. The van der Waals surface area contributed by atoms with E-state index >= 15 is 0 Å². The van der Waals surface area contributed by atoms with Crippen LogP contribution in [0.1, 0.15) is 19.8 Å². The van der Waals surface area contributed by atoms with Crippen molar-refractivity contribution < 1.29 is 14.3 Å². The van der Waals surface area contributed by atoms with E-state index in [1.54, 1.807) is 7.11 Å². The SMILES string of the molecule is COCCOCC(=O)N1CCC(C)CC1CN. The van der Waals surface area contributed by atoms with E-state index in [9.17, 15) is 4.79 Å². The molecule has 1 aliphatic heterocycles. The number of piperidine rings is 1. The monoisotopic (exact) mass is 244 g/mol. The molecule has 0 aromatic rings. The summed E-state index contributed by atoms with van der Waals surface area (Å²) in [6.45, 7) is 4.65. The predicted octanol–water partition coefficient (Wildman–Crippen LogP) is 0.235. The number of hydrogen-bond acceptors (Lipinski definition) is 4. The second-order valence-corrected chi connectivity index (χ2v) is 4.65. The standard InChI is InChI=1S/C12H24N2O3/c1-10-3-4-14(11(7-10)8-13)12(15)9-17-6-5-16-2/h10-11H,3-9,13H2,1-2H3. The first-order chi connectivity index (χ1) is 8.19. The van der Waals surface area contributed by atoms with Crippen LogP contribution in [0.3, 0.4) is 0 Å². The minimum atomic E-state index is 0.0449. The van der Waals surface area contributed by atoms with E-state index in [1.807, 2.05) is 4.90 Å². The van der Waals surface area contributed by atoms with Crippen molar-refractivity contribution in [2.75, 3.05) is 40.0 Å². The van der Waals surface area contributed by atoms with Crippen LogP contribution in [0.4, 0.5) is 0 Å². The smallest absolute Gasteiger partial charge is 0.248 e. The summed E-state index contributed by atoms with van der Waals surface area (Å²) < 4.78 is 10.1. The third kappa shape index (κ3) is 4.61. The van der Waals surface area contributed by atoms with E-state index in [4.69, 9.17) is 15.2 Å². The van der Waals surface area contributed by atoms with Crippen LogP contribution in [0.2, 0.25) is 0 Å². The van der Waals surface area contributed by atoms with Crippen LogP contribution in [-0.2, 0) is 14.3 Å². The Bertz CT molecular complexity index is 236. The summed E-state index contributed by atoms with van der Waals surface area (Å²) in [6, 6.07) is 0.178. The first-order valence-corrected chi connectivity index (χ1v) is 6.25. The lowest BCUT2D eigenvalue weighted by atomic mass is 9.92. The summed E-state index contributed by atoms with van der Waals surface area (Å²) in [4.78, 5) is 13.8. The molecule has 1 fully saturated rings. The largest absolute Gasteiger partial charge is 0.382 e. The maximum Gasteiger partial charge on any atom is 0.248 e. The number of ether oxygens (including phenoxy) is 2. The number of likely N-dealkylation sites (tertiary alicyclic amines) is 1. The molecule has 1 saturated heterocycles.